The molecule has 2 N–H and O–H groups in total. The Bertz CT molecular complexity index is 990. The van der Waals surface area contributed by atoms with E-state index in [9.17, 15) is 4.79 Å². The summed E-state index contributed by atoms with van der Waals surface area (Å²) in [4.78, 5) is 16.2. The predicted octanol–water partition coefficient (Wildman–Crippen LogP) is 5.48. The number of anilines is 1. The van der Waals surface area contributed by atoms with Gasteiger partial charge in [0.1, 0.15) is 5.52 Å². The van der Waals surface area contributed by atoms with Gasteiger partial charge in [-0.2, -0.15) is 0 Å². The van der Waals surface area contributed by atoms with E-state index in [2.05, 4.69) is 54.1 Å². The highest BCUT2D eigenvalue weighted by molar-refractivity contribution is 14.1. The zero-order valence-electron chi connectivity index (χ0n) is 13.8. The zero-order chi connectivity index (χ0) is 18.7. The van der Waals surface area contributed by atoms with Crippen LogP contribution in [-0.4, -0.2) is 16.0 Å². The molecule has 26 heavy (non-hydrogen) atoms. The van der Waals surface area contributed by atoms with Crippen LogP contribution in [0.3, 0.4) is 0 Å². The first kappa shape index (κ1) is 19.2. The van der Waals surface area contributed by atoms with E-state index in [1.807, 2.05) is 43.3 Å². The lowest BCUT2D eigenvalue weighted by atomic mass is 10.2. The largest absolute Gasteiger partial charge is 0.436 e. The molecule has 0 atom stereocenters. The number of hydrogen-bond acceptors (Lipinski definition) is 4. The van der Waals surface area contributed by atoms with Crippen molar-refractivity contribution in [2.24, 2.45) is 0 Å². The molecule has 0 fully saturated rings. The molecule has 0 aliphatic carbocycles. The van der Waals surface area contributed by atoms with Crippen LogP contribution in [0.2, 0.25) is 0 Å². The Labute approximate surface area is 178 Å². The summed E-state index contributed by atoms with van der Waals surface area (Å²) in [5.74, 6) is 0.444. The molecule has 3 aromatic rings. The number of hydrogen-bond donors (Lipinski definition) is 2. The van der Waals surface area contributed by atoms with Crippen LogP contribution >= 0.6 is 50.7 Å². The summed E-state index contributed by atoms with van der Waals surface area (Å²) in [6, 6.07) is 11.5. The molecule has 1 amide bonds. The van der Waals surface area contributed by atoms with Crippen LogP contribution in [-0.2, 0) is 4.79 Å². The number of nitrogens with one attached hydrogen (secondary N) is 2. The molecule has 0 aliphatic heterocycles. The molecule has 1 heterocycles. The van der Waals surface area contributed by atoms with Gasteiger partial charge < -0.3 is 15.1 Å². The van der Waals surface area contributed by atoms with E-state index in [4.69, 9.17) is 16.6 Å². The summed E-state index contributed by atoms with van der Waals surface area (Å²) in [5.41, 5.74) is 3.02. The van der Waals surface area contributed by atoms with Gasteiger partial charge in [-0.05, 0) is 93.6 Å². The molecule has 134 valence electrons. The van der Waals surface area contributed by atoms with E-state index in [0.29, 0.717) is 23.4 Å². The van der Waals surface area contributed by atoms with Gasteiger partial charge in [0.05, 0.1) is 5.56 Å². The van der Waals surface area contributed by atoms with Crippen molar-refractivity contribution in [3.05, 3.63) is 44.4 Å². The molecule has 0 aliphatic rings. The monoisotopic (exact) mass is 543 g/mol. The minimum absolute atomic E-state index is 0.0988. The van der Waals surface area contributed by atoms with Crippen molar-refractivity contribution >= 4 is 78.5 Å². The van der Waals surface area contributed by atoms with Crippen LogP contribution in [0.1, 0.15) is 19.8 Å². The van der Waals surface area contributed by atoms with Gasteiger partial charge in [-0.25, -0.2) is 4.98 Å². The fourth-order valence-corrected chi connectivity index (χ4v) is 3.50. The molecule has 2 aromatic carbocycles. The smallest absolute Gasteiger partial charge is 0.228 e. The first-order valence-electron chi connectivity index (χ1n) is 7.93. The molecule has 0 saturated heterocycles. The Morgan fingerprint density at radius 3 is 2.88 bits per heavy atom. The van der Waals surface area contributed by atoms with Gasteiger partial charge >= 0.3 is 0 Å². The molecule has 0 radical (unpaired) electrons. The Morgan fingerprint density at radius 2 is 2.12 bits per heavy atom. The summed E-state index contributed by atoms with van der Waals surface area (Å²) in [5, 5.41) is 5.92. The quantitative estimate of drug-likeness (QED) is 0.337. The third kappa shape index (κ3) is 4.60. The van der Waals surface area contributed by atoms with E-state index in [0.717, 1.165) is 25.7 Å². The fraction of sp³-hybridized carbons (Fsp3) is 0.167. The molecular weight excluding hydrogens is 529 g/mol. The lowest BCUT2D eigenvalue weighted by Crippen LogP contribution is -2.33. The maximum absolute atomic E-state index is 11.6. The van der Waals surface area contributed by atoms with Crippen molar-refractivity contribution in [2.45, 2.75) is 19.8 Å². The second-order valence-electron chi connectivity index (χ2n) is 5.58. The topological polar surface area (TPSA) is 67.2 Å². The minimum atomic E-state index is -0.0988. The molecule has 8 heteroatoms. The van der Waals surface area contributed by atoms with Gasteiger partial charge in [-0.15, -0.1) is 0 Å². The van der Waals surface area contributed by atoms with Crippen molar-refractivity contribution in [3.8, 4) is 11.5 Å². The third-order valence-electron chi connectivity index (χ3n) is 3.53. The molecule has 0 bridgehead atoms. The summed E-state index contributed by atoms with van der Waals surface area (Å²) in [7, 11) is 0. The number of thiocarbonyl (C=S) groups is 1. The van der Waals surface area contributed by atoms with Crippen LogP contribution in [0.15, 0.2) is 45.3 Å². The number of fused-ring (bicyclic) bond motifs is 1. The number of carbonyl (C=O) groups is 1. The Kier molecular flexibility index (Phi) is 6.25. The highest BCUT2D eigenvalue weighted by Gasteiger charge is 2.13. The summed E-state index contributed by atoms with van der Waals surface area (Å²) in [6.45, 7) is 1.94. The van der Waals surface area contributed by atoms with Crippen LogP contribution in [0.4, 0.5) is 5.69 Å². The molecular formula is C18H15BrIN3O2S. The summed E-state index contributed by atoms with van der Waals surface area (Å²) < 4.78 is 7.89. The maximum Gasteiger partial charge on any atom is 0.228 e. The second kappa shape index (κ2) is 8.45. The van der Waals surface area contributed by atoms with Crippen molar-refractivity contribution in [1.29, 1.82) is 0 Å². The highest BCUT2D eigenvalue weighted by Crippen LogP contribution is 2.32. The van der Waals surface area contributed by atoms with Crippen LogP contribution in [0.5, 0.6) is 0 Å². The van der Waals surface area contributed by atoms with Gasteiger partial charge in [0.25, 0.3) is 0 Å². The normalized spacial score (nSPS) is 10.7. The van der Waals surface area contributed by atoms with Crippen LogP contribution < -0.4 is 10.6 Å². The van der Waals surface area contributed by atoms with E-state index >= 15 is 0 Å². The number of halogens is 2. The lowest BCUT2D eigenvalue weighted by molar-refractivity contribution is -0.119. The standard InChI is InChI=1S/C18H15BrIN3O2S/c1-2-3-16(24)23-18(26)21-11-5-7-15-14(9-11)22-17(25-15)12-8-10(20)4-6-13(12)19/h4-9H,2-3H2,1H3,(H2,21,23,24,26). The van der Waals surface area contributed by atoms with E-state index in [-0.39, 0.29) is 11.0 Å². The first-order valence-corrected chi connectivity index (χ1v) is 10.2. The van der Waals surface area contributed by atoms with Gasteiger partial charge in [0.15, 0.2) is 10.7 Å². The molecule has 0 spiro atoms. The molecule has 1 aromatic heterocycles. The van der Waals surface area contributed by atoms with Gasteiger partial charge in [-0.3, -0.25) is 4.79 Å². The molecule has 3 rings (SSSR count). The number of amides is 1. The zero-order valence-corrected chi connectivity index (χ0v) is 18.4. The number of rotatable bonds is 4. The number of nitrogens with zero attached hydrogens (tertiary/aromatic N) is 1. The second-order valence-corrected chi connectivity index (χ2v) is 8.09. The average Bonchev–Trinajstić information content (AvgIpc) is 3.00. The van der Waals surface area contributed by atoms with E-state index in [1.165, 1.54) is 0 Å². The van der Waals surface area contributed by atoms with Gasteiger partial charge in [0.2, 0.25) is 11.8 Å². The first-order chi connectivity index (χ1) is 12.5. The van der Waals surface area contributed by atoms with E-state index < -0.39 is 0 Å². The number of benzene rings is 2. The van der Waals surface area contributed by atoms with Crippen molar-refractivity contribution < 1.29 is 9.21 Å². The van der Waals surface area contributed by atoms with Gasteiger partial charge in [0, 0.05) is 20.2 Å². The molecule has 5 nitrogen and oxygen atoms in total. The summed E-state index contributed by atoms with van der Waals surface area (Å²) in [6.07, 6.45) is 1.22. The molecule has 0 unspecified atom stereocenters. The summed E-state index contributed by atoms with van der Waals surface area (Å²) >= 11 is 11.0. The SMILES string of the molecule is CCCC(=O)NC(=S)Nc1ccc2oc(-c3cc(I)ccc3Br)nc2c1. The number of aromatic nitrogens is 1. The number of carbonyl (C=O) groups excluding carboxylic acids is 1. The van der Waals surface area contributed by atoms with Gasteiger partial charge in [-0.1, -0.05) is 6.92 Å². The number of oxazole rings is 1. The van der Waals surface area contributed by atoms with Crippen molar-refractivity contribution in [2.75, 3.05) is 5.32 Å². The van der Waals surface area contributed by atoms with Crippen LogP contribution in [0, 0.1) is 3.57 Å². The van der Waals surface area contributed by atoms with Crippen molar-refractivity contribution in [3.63, 3.8) is 0 Å². The molecule has 0 saturated carbocycles. The van der Waals surface area contributed by atoms with Crippen molar-refractivity contribution in [1.82, 2.24) is 10.3 Å². The minimum Gasteiger partial charge on any atom is -0.436 e. The maximum atomic E-state index is 11.6. The third-order valence-corrected chi connectivity index (χ3v) is 5.10. The predicted molar refractivity (Wildman–Crippen MR) is 119 cm³/mol. The fourth-order valence-electron chi connectivity index (χ4n) is 2.36. The Hall–Kier alpha value is -1.52. The van der Waals surface area contributed by atoms with Crippen LogP contribution in [0.25, 0.3) is 22.6 Å². The Morgan fingerprint density at radius 1 is 1.31 bits per heavy atom. The highest BCUT2D eigenvalue weighted by atomic mass is 127. The lowest BCUT2D eigenvalue weighted by Gasteiger charge is -2.08. The Balaban J connectivity index is 1.82. The average molecular weight is 544 g/mol. The van der Waals surface area contributed by atoms with E-state index in [1.54, 1.807) is 0 Å².